The van der Waals surface area contributed by atoms with E-state index in [4.69, 9.17) is 0 Å². The first kappa shape index (κ1) is 16.0. The van der Waals surface area contributed by atoms with Crippen molar-refractivity contribution in [3.05, 3.63) is 23.5 Å². The maximum absolute atomic E-state index is 12.4. The van der Waals surface area contributed by atoms with Gasteiger partial charge in [0.1, 0.15) is 11.7 Å². The molecule has 1 aliphatic heterocycles. The van der Waals surface area contributed by atoms with Crippen LogP contribution in [0.3, 0.4) is 0 Å². The van der Waals surface area contributed by atoms with E-state index in [1.807, 2.05) is 6.07 Å². The van der Waals surface area contributed by atoms with E-state index in [1.54, 1.807) is 13.1 Å². The fourth-order valence-corrected chi connectivity index (χ4v) is 4.05. The lowest BCUT2D eigenvalue weighted by Crippen LogP contribution is -2.51. The Kier molecular flexibility index (Phi) is 4.18. The average Bonchev–Trinajstić information content (AvgIpc) is 3.23. The van der Waals surface area contributed by atoms with Gasteiger partial charge >= 0.3 is 0 Å². The average molecular weight is 339 g/mol. The summed E-state index contributed by atoms with van der Waals surface area (Å²) in [6.07, 6.45) is 3.92. The monoisotopic (exact) mass is 339 g/mol. The van der Waals surface area contributed by atoms with E-state index in [2.05, 4.69) is 10.3 Å². The van der Waals surface area contributed by atoms with Gasteiger partial charge in [0.15, 0.2) is 9.84 Å². The SMILES string of the molecule is CC(NC(=O)c1[nH]ccc1C1CC1)C(=O)N1CCS(=O)(=O)CC1. The van der Waals surface area contributed by atoms with Crippen LogP contribution in [-0.2, 0) is 14.6 Å². The standard InChI is InChI=1S/C15H21N3O4S/c1-10(15(20)18-6-8-23(21,22)9-7-18)17-14(19)13-12(4-5-16-13)11-2-3-11/h4-5,10-11,16H,2-3,6-9H2,1H3,(H,17,19). The fourth-order valence-electron chi connectivity index (χ4n) is 2.85. The second-order valence-corrected chi connectivity index (χ2v) is 8.56. The van der Waals surface area contributed by atoms with Crippen LogP contribution in [0.5, 0.6) is 0 Å². The highest BCUT2D eigenvalue weighted by Crippen LogP contribution is 2.41. The van der Waals surface area contributed by atoms with Crippen molar-refractivity contribution >= 4 is 21.7 Å². The maximum Gasteiger partial charge on any atom is 0.268 e. The van der Waals surface area contributed by atoms with E-state index in [1.165, 1.54) is 4.90 Å². The van der Waals surface area contributed by atoms with E-state index in [9.17, 15) is 18.0 Å². The smallest absolute Gasteiger partial charge is 0.268 e. The van der Waals surface area contributed by atoms with Gasteiger partial charge in [0.2, 0.25) is 5.91 Å². The Morgan fingerprint density at radius 1 is 1.30 bits per heavy atom. The van der Waals surface area contributed by atoms with Gasteiger partial charge in [0, 0.05) is 19.3 Å². The normalized spacial score (nSPS) is 21.7. The number of sulfone groups is 1. The highest BCUT2D eigenvalue weighted by Gasteiger charge is 2.31. The molecule has 1 aromatic rings. The molecule has 1 aromatic heterocycles. The lowest BCUT2D eigenvalue weighted by atomic mass is 10.1. The van der Waals surface area contributed by atoms with E-state index < -0.39 is 15.9 Å². The number of carbonyl (C=O) groups is 2. The van der Waals surface area contributed by atoms with Gasteiger partial charge in [0.05, 0.1) is 11.5 Å². The Labute approximate surface area is 135 Å². The molecule has 1 unspecified atom stereocenters. The van der Waals surface area contributed by atoms with Crippen molar-refractivity contribution in [1.82, 2.24) is 15.2 Å². The number of amides is 2. The van der Waals surface area contributed by atoms with Gasteiger partial charge < -0.3 is 15.2 Å². The number of nitrogens with zero attached hydrogens (tertiary/aromatic N) is 1. The molecule has 3 rings (SSSR count). The molecule has 2 N–H and O–H groups in total. The number of rotatable bonds is 4. The number of nitrogens with one attached hydrogen (secondary N) is 2. The molecule has 7 nitrogen and oxygen atoms in total. The molecule has 1 saturated carbocycles. The van der Waals surface area contributed by atoms with Crippen LogP contribution in [0.1, 0.15) is 41.7 Å². The van der Waals surface area contributed by atoms with Crippen LogP contribution in [0.2, 0.25) is 0 Å². The van der Waals surface area contributed by atoms with Crippen LogP contribution in [0.25, 0.3) is 0 Å². The molecule has 2 amide bonds. The molecule has 8 heteroatoms. The topological polar surface area (TPSA) is 99.3 Å². The summed E-state index contributed by atoms with van der Waals surface area (Å²) in [5.41, 5.74) is 1.53. The van der Waals surface area contributed by atoms with Gasteiger partial charge in [-0.05, 0) is 37.3 Å². The summed E-state index contributed by atoms with van der Waals surface area (Å²) in [4.78, 5) is 29.1. The minimum Gasteiger partial charge on any atom is -0.357 e. The Morgan fingerprint density at radius 3 is 2.57 bits per heavy atom. The van der Waals surface area contributed by atoms with Crippen LogP contribution < -0.4 is 5.32 Å². The first-order chi connectivity index (χ1) is 10.9. The molecular formula is C15H21N3O4S. The largest absolute Gasteiger partial charge is 0.357 e. The van der Waals surface area contributed by atoms with E-state index in [-0.39, 0.29) is 36.4 Å². The van der Waals surface area contributed by atoms with Gasteiger partial charge in [-0.25, -0.2) is 8.42 Å². The van der Waals surface area contributed by atoms with Crippen molar-refractivity contribution in [1.29, 1.82) is 0 Å². The Hall–Kier alpha value is -1.83. The van der Waals surface area contributed by atoms with Gasteiger partial charge in [-0.15, -0.1) is 0 Å². The lowest BCUT2D eigenvalue weighted by Gasteiger charge is -2.29. The number of H-pyrrole nitrogens is 1. The van der Waals surface area contributed by atoms with Crippen molar-refractivity contribution in [3.63, 3.8) is 0 Å². The first-order valence-corrected chi connectivity index (χ1v) is 9.67. The first-order valence-electron chi connectivity index (χ1n) is 7.85. The van der Waals surface area contributed by atoms with Crippen molar-refractivity contribution in [3.8, 4) is 0 Å². The number of hydrogen-bond acceptors (Lipinski definition) is 4. The Morgan fingerprint density at radius 2 is 1.96 bits per heavy atom. The third kappa shape index (κ3) is 3.57. The molecule has 126 valence electrons. The second-order valence-electron chi connectivity index (χ2n) is 6.25. The van der Waals surface area contributed by atoms with Crippen molar-refractivity contribution in [2.75, 3.05) is 24.6 Å². The van der Waals surface area contributed by atoms with Gasteiger partial charge in [-0.3, -0.25) is 9.59 Å². The second kappa shape index (κ2) is 5.99. The summed E-state index contributed by atoms with van der Waals surface area (Å²) < 4.78 is 22.8. The number of aromatic nitrogens is 1. The number of hydrogen-bond donors (Lipinski definition) is 2. The molecule has 2 fully saturated rings. The minimum absolute atomic E-state index is 0.0120. The number of aromatic amines is 1. The molecule has 0 spiro atoms. The highest BCUT2D eigenvalue weighted by atomic mass is 32.2. The molecule has 1 saturated heterocycles. The molecule has 0 aromatic carbocycles. The molecule has 1 atom stereocenters. The molecule has 2 heterocycles. The van der Waals surface area contributed by atoms with Gasteiger partial charge in [-0.2, -0.15) is 0 Å². The molecule has 1 aliphatic carbocycles. The summed E-state index contributed by atoms with van der Waals surface area (Å²) in [5.74, 6) is -0.112. The minimum atomic E-state index is -3.03. The summed E-state index contributed by atoms with van der Waals surface area (Å²) in [6.45, 7) is 2.01. The Balaban J connectivity index is 1.60. The van der Waals surface area contributed by atoms with Crippen LogP contribution in [0, 0.1) is 0 Å². The van der Waals surface area contributed by atoms with Gasteiger partial charge in [-0.1, -0.05) is 0 Å². The Bertz CT molecular complexity index is 707. The quantitative estimate of drug-likeness (QED) is 0.822. The number of carbonyl (C=O) groups excluding carboxylic acids is 2. The van der Waals surface area contributed by atoms with Gasteiger partial charge in [0.25, 0.3) is 5.91 Å². The van der Waals surface area contributed by atoms with E-state index in [0.717, 1.165) is 18.4 Å². The van der Waals surface area contributed by atoms with Crippen LogP contribution >= 0.6 is 0 Å². The lowest BCUT2D eigenvalue weighted by molar-refractivity contribution is -0.132. The van der Waals surface area contributed by atoms with Crippen LogP contribution in [-0.4, -0.2) is 60.8 Å². The van der Waals surface area contributed by atoms with Crippen molar-refractivity contribution < 1.29 is 18.0 Å². The zero-order valence-electron chi connectivity index (χ0n) is 13.0. The molecule has 0 bridgehead atoms. The van der Waals surface area contributed by atoms with Crippen LogP contribution in [0.15, 0.2) is 12.3 Å². The zero-order chi connectivity index (χ0) is 16.6. The fraction of sp³-hybridized carbons (Fsp3) is 0.600. The predicted octanol–water partition coefficient (Wildman–Crippen LogP) is 0.267. The summed E-state index contributed by atoms with van der Waals surface area (Å²) in [7, 11) is -3.03. The van der Waals surface area contributed by atoms with E-state index >= 15 is 0 Å². The zero-order valence-corrected chi connectivity index (χ0v) is 13.9. The maximum atomic E-state index is 12.4. The van der Waals surface area contributed by atoms with E-state index in [0.29, 0.717) is 11.6 Å². The summed E-state index contributed by atoms with van der Waals surface area (Å²) in [5, 5.41) is 2.71. The van der Waals surface area contributed by atoms with Crippen molar-refractivity contribution in [2.24, 2.45) is 0 Å². The molecule has 23 heavy (non-hydrogen) atoms. The third-order valence-corrected chi connectivity index (χ3v) is 6.01. The highest BCUT2D eigenvalue weighted by molar-refractivity contribution is 7.91. The molecule has 2 aliphatic rings. The van der Waals surface area contributed by atoms with Crippen LogP contribution in [0.4, 0.5) is 0 Å². The predicted molar refractivity (Wildman–Crippen MR) is 84.9 cm³/mol. The molecular weight excluding hydrogens is 318 g/mol. The summed E-state index contributed by atoms with van der Waals surface area (Å²) >= 11 is 0. The molecule has 0 radical (unpaired) electrons. The van der Waals surface area contributed by atoms with Crippen molar-refractivity contribution in [2.45, 2.75) is 31.7 Å². The summed E-state index contributed by atoms with van der Waals surface area (Å²) in [6, 6.07) is 1.23. The third-order valence-electron chi connectivity index (χ3n) is 4.40.